The first-order valence-corrected chi connectivity index (χ1v) is 6.63. The van der Waals surface area contributed by atoms with Crippen LogP contribution in [-0.2, 0) is 7.05 Å². The summed E-state index contributed by atoms with van der Waals surface area (Å²) in [5.74, 6) is 0. The third-order valence-electron chi connectivity index (χ3n) is 4.44. The quantitative estimate of drug-likeness (QED) is 0.864. The summed E-state index contributed by atoms with van der Waals surface area (Å²) in [6.07, 6.45) is 4.72. The first-order valence-electron chi connectivity index (χ1n) is 6.63. The number of benzene rings is 1. The standard InChI is InChI=1S/C15H21N3/c1-17-14(15(10-16)7-8-15)12-9-18(2)13-6-4-3-5-11(12)13/h3-6,9,14,17H,7-8,10,16H2,1-2H3. The lowest BCUT2D eigenvalue weighted by atomic mass is 9.90. The van der Waals surface area contributed by atoms with Gasteiger partial charge in [0.05, 0.1) is 0 Å². The van der Waals surface area contributed by atoms with Crippen molar-refractivity contribution in [2.75, 3.05) is 13.6 Å². The number of nitrogens with two attached hydrogens (primary N) is 1. The van der Waals surface area contributed by atoms with Gasteiger partial charge in [-0.05, 0) is 38.1 Å². The molecule has 2 aromatic rings. The fraction of sp³-hybridized carbons (Fsp3) is 0.467. The van der Waals surface area contributed by atoms with Crippen LogP contribution in [0.4, 0.5) is 0 Å². The third-order valence-corrected chi connectivity index (χ3v) is 4.44. The molecule has 18 heavy (non-hydrogen) atoms. The van der Waals surface area contributed by atoms with Gasteiger partial charge in [0.1, 0.15) is 0 Å². The summed E-state index contributed by atoms with van der Waals surface area (Å²) in [5, 5.41) is 4.83. The average Bonchev–Trinajstić information content (AvgIpc) is 3.12. The molecular formula is C15H21N3. The van der Waals surface area contributed by atoms with Gasteiger partial charge in [-0.25, -0.2) is 0 Å². The van der Waals surface area contributed by atoms with E-state index in [-0.39, 0.29) is 5.41 Å². The average molecular weight is 243 g/mol. The zero-order valence-electron chi connectivity index (χ0n) is 11.1. The van der Waals surface area contributed by atoms with Gasteiger partial charge >= 0.3 is 0 Å². The van der Waals surface area contributed by atoms with Crippen LogP contribution in [0.1, 0.15) is 24.4 Å². The number of fused-ring (bicyclic) bond motifs is 1. The van der Waals surface area contributed by atoms with Gasteiger partial charge in [0.25, 0.3) is 0 Å². The zero-order chi connectivity index (χ0) is 12.8. The van der Waals surface area contributed by atoms with E-state index >= 15 is 0 Å². The molecule has 0 spiro atoms. The maximum atomic E-state index is 5.99. The Labute approximate surface area is 108 Å². The van der Waals surface area contributed by atoms with Crippen molar-refractivity contribution < 1.29 is 0 Å². The molecular weight excluding hydrogens is 222 g/mol. The molecule has 3 nitrogen and oxygen atoms in total. The highest BCUT2D eigenvalue weighted by Gasteiger charge is 2.48. The normalized spacial score (nSPS) is 19.1. The smallest absolute Gasteiger partial charge is 0.0481 e. The van der Waals surface area contributed by atoms with Crippen molar-refractivity contribution in [3.8, 4) is 0 Å². The lowest BCUT2D eigenvalue weighted by molar-refractivity contribution is 0.368. The molecule has 3 N–H and O–H groups in total. The maximum absolute atomic E-state index is 5.99. The minimum Gasteiger partial charge on any atom is -0.350 e. The largest absolute Gasteiger partial charge is 0.350 e. The van der Waals surface area contributed by atoms with Gasteiger partial charge in [-0.1, -0.05) is 18.2 Å². The van der Waals surface area contributed by atoms with Crippen LogP contribution in [0.3, 0.4) is 0 Å². The van der Waals surface area contributed by atoms with E-state index in [1.54, 1.807) is 0 Å². The predicted octanol–water partition coefficient (Wildman–Crippen LogP) is 2.18. The second-order valence-corrected chi connectivity index (χ2v) is 5.50. The molecule has 1 atom stereocenters. The van der Waals surface area contributed by atoms with Gasteiger partial charge < -0.3 is 15.6 Å². The first kappa shape index (κ1) is 11.8. The minimum absolute atomic E-state index is 0.277. The highest BCUT2D eigenvalue weighted by Crippen LogP contribution is 2.54. The van der Waals surface area contributed by atoms with E-state index in [0.29, 0.717) is 6.04 Å². The summed E-state index contributed by atoms with van der Waals surface area (Å²) in [6, 6.07) is 8.96. The topological polar surface area (TPSA) is 43.0 Å². The van der Waals surface area contributed by atoms with Crippen molar-refractivity contribution in [3.63, 3.8) is 0 Å². The number of hydrogen-bond acceptors (Lipinski definition) is 2. The summed E-state index contributed by atoms with van der Waals surface area (Å²) < 4.78 is 2.21. The molecule has 1 aromatic heterocycles. The number of aromatic nitrogens is 1. The van der Waals surface area contributed by atoms with Crippen molar-refractivity contribution in [1.29, 1.82) is 0 Å². The highest BCUT2D eigenvalue weighted by atomic mass is 15.0. The van der Waals surface area contributed by atoms with E-state index in [9.17, 15) is 0 Å². The molecule has 3 rings (SSSR count). The van der Waals surface area contributed by atoms with Gasteiger partial charge in [-0.2, -0.15) is 0 Å². The summed E-state index contributed by atoms with van der Waals surface area (Å²) in [5.41, 5.74) is 8.94. The summed E-state index contributed by atoms with van der Waals surface area (Å²) >= 11 is 0. The van der Waals surface area contributed by atoms with Crippen LogP contribution in [0.5, 0.6) is 0 Å². The molecule has 1 aromatic carbocycles. The maximum Gasteiger partial charge on any atom is 0.0481 e. The summed E-state index contributed by atoms with van der Waals surface area (Å²) in [6.45, 7) is 0.766. The van der Waals surface area contributed by atoms with Crippen LogP contribution in [-0.4, -0.2) is 18.2 Å². The Morgan fingerprint density at radius 1 is 1.39 bits per heavy atom. The molecule has 0 radical (unpaired) electrons. The van der Waals surface area contributed by atoms with Crippen LogP contribution < -0.4 is 11.1 Å². The van der Waals surface area contributed by atoms with E-state index < -0.39 is 0 Å². The van der Waals surface area contributed by atoms with Crippen LogP contribution >= 0.6 is 0 Å². The molecule has 1 fully saturated rings. The Kier molecular flexibility index (Phi) is 2.68. The second kappa shape index (κ2) is 4.11. The molecule has 0 amide bonds. The molecule has 0 saturated heterocycles. The lowest BCUT2D eigenvalue weighted by Gasteiger charge is -2.25. The third kappa shape index (κ3) is 1.58. The molecule has 3 heteroatoms. The first-order chi connectivity index (χ1) is 8.72. The van der Waals surface area contributed by atoms with E-state index in [4.69, 9.17) is 5.73 Å². The van der Waals surface area contributed by atoms with Gasteiger partial charge in [-0.3, -0.25) is 0 Å². The van der Waals surface area contributed by atoms with E-state index in [1.807, 2.05) is 7.05 Å². The van der Waals surface area contributed by atoms with Crippen molar-refractivity contribution in [1.82, 2.24) is 9.88 Å². The summed E-state index contributed by atoms with van der Waals surface area (Å²) in [4.78, 5) is 0. The van der Waals surface area contributed by atoms with Crippen molar-refractivity contribution in [2.24, 2.45) is 18.2 Å². The Bertz CT molecular complexity index is 566. The van der Waals surface area contributed by atoms with E-state index in [2.05, 4.69) is 47.4 Å². The number of nitrogens with one attached hydrogen (secondary N) is 1. The Morgan fingerprint density at radius 2 is 2.11 bits per heavy atom. The van der Waals surface area contributed by atoms with Gasteiger partial charge in [0.15, 0.2) is 0 Å². The summed E-state index contributed by atoms with van der Waals surface area (Å²) in [7, 11) is 4.16. The zero-order valence-corrected chi connectivity index (χ0v) is 11.1. The van der Waals surface area contributed by atoms with Gasteiger partial charge in [-0.15, -0.1) is 0 Å². The molecule has 1 saturated carbocycles. The van der Waals surface area contributed by atoms with E-state index in [1.165, 1.54) is 29.3 Å². The van der Waals surface area contributed by atoms with Crippen molar-refractivity contribution >= 4 is 10.9 Å². The lowest BCUT2D eigenvalue weighted by Crippen LogP contribution is -2.32. The van der Waals surface area contributed by atoms with Crippen molar-refractivity contribution in [2.45, 2.75) is 18.9 Å². The minimum atomic E-state index is 0.277. The van der Waals surface area contributed by atoms with Crippen LogP contribution in [0.25, 0.3) is 10.9 Å². The number of aryl methyl sites for hydroxylation is 1. The Morgan fingerprint density at radius 3 is 2.72 bits per heavy atom. The molecule has 96 valence electrons. The number of para-hydroxylation sites is 1. The molecule has 1 aliphatic carbocycles. The van der Waals surface area contributed by atoms with Crippen LogP contribution in [0, 0.1) is 5.41 Å². The predicted molar refractivity (Wildman–Crippen MR) is 75.4 cm³/mol. The Balaban J connectivity index is 2.13. The van der Waals surface area contributed by atoms with E-state index in [0.717, 1.165) is 6.54 Å². The molecule has 1 aliphatic rings. The van der Waals surface area contributed by atoms with Gasteiger partial charge in [0.2, 0.25) is 0 Å². The molecule has 1 heterocycles. The Hall–Kier alpha value is -1.32. The molecule has 1 unspecified atom stereocenters. The SMILES string of the molecule is CNC(c1cn(C)c2ccccc12)C1(CN)CC1. The van der Waals surface area contributed by atoms with Gasteiger partial charge in [0, 0.05) is 35.6 Å². The number of nitrogens with zero attached hydrogens (tertiary/aromatic N) is 1. The number of rotatable bonds is 4. The van der Waals surface area contributed by atoms with Crippen LogP contribution in [0.15, 0.2) is 30.5 Å². The monoisotopic (exact) mass is 243 g/mol. The second-order valence-electron chi connectivity index (χ2n) is 5.50. The fourth-order valence-electron chi connectivity index (χ4n) is 3.17. The number of hydrogen-bond donors (Lipinski definition) is 2. The highest BCUT2D eigenvalue weighted by molar-refractivity contribution is 5.84. The van der Waals surface area contributed by atoms with Crippen LogP contribution in [0.2, 0.25) is 0 Å². The fourth-order valence-corrected chi connectivity index (χ4v) is 3.17. The molecule has 0 bridgehead atoms. The van der Waals surface area contributed by atoms with Crippen molar-refractivity contribution in [3.05, 3.63) is 36.0 Å². The molecule has 0 aliphatic heterocycles.